The van der Waals surface area contributed by atoms with Gasteiger partial charge in [0.15, 0.2) is 5.82 Å². The molecule has 0 unspecified atom stereocenters. The third kappa shape index (κ3) is 3.03. The molecule has 1 aromatic carbocycles. The van der Waals surface area contributed by atoms with Gasteiger partial charge in [-0.1, -0.05) is 12.1 Å². The van der Waals surface area contributed by atoms with Gasteiger partial charge in [-0.3, -0.25) is 9.36 Å². The van der Waals surface area contributed by atoms with Crippen molar-refractivity contribution in [3.05, 3.63) is 54.1 Å². The first-order valence-electron chi connectivity index (χ1n) is 6.72. The van der Waals surface area contributed by atoms with Crippen molar-refractivity contribution in [2.75, 3.05) is 0 Å². The molecule has 0 saturated heterocycles. The van der Waals surface area contributed by atoms with E-state index in [1.54, 1.807) is 53.2 Å². The first kappa shape index (κ1) is 14.0. The molecular formula is C15H15N5O2. The van der Waals surface area contributed by atoms with E-state index in [9.17, 15) is 4.79 Å². The summed E-state index contributed by atoms with van der Waals surface area (Å²) in [5.41, 5.74) is 2.19. The molecule has 0 aliphatic heterocycles. The number of ether oxygens (including phenoxy) is 1. The molecule has 7 heteroatoms. The minimum atomic E-state index is -0.371. The van der Waals surface area contributed by atoms with Crippen molar-refractivity contribution >= 4 is 5.97 Å². The molecule has 0 aliphatic rings. The van der Waals surface area contributed by atoms with Crippen LogP contribution in [0.5, 0.6) is 0 Å². The average molecular weight is 297 g/mol. The molecule has 22 heavy (non-hydrogen) atoms. The zero-order chi connectivity index (χ0) is 15.5. The number of hydrogen-bond donors (Lipinski definition) is 0. The SMILES string of the molecule is Cn1cc(COC(=O)c2ccc(-c3ncn(C)n3)cc2)cn1. The van der Waals surface area contributed by atoms with Gasteiger partial charge in [-0.25, -0.2) is 9.78 Å². The van der Waals surface area contributed by atoms with Crippen molar-refractivity contribution in [2.45, 2.75) is 6.61 Å². The number of rotatable bonds is 4. The predicted octanol–water partition coefficient (Wildman–Crippen LogP) is 1.57. The van der Waals surface area contributed by atoms with E-state index in [1.807, 2.05) is 13.2 Å². The molecule has 0 atom stereocenters. The van der Waals surface area contributed by atoms with E-state index in [4.69, 9.17) is 4.74 Å². The van der Waals surface area contributed by atoms with Gasteiger partial charge in [-0.15, -0.1) is 0 Å². The fraction of sp³-hybridized carbons (Fsp3) is 0.200. The number of nitrogens with zero attached hydrogens (tertiary/aromatic N) is 5. The van der Waals surface area contributed by atoms with Gasteiger partial charge >= 0.3 is 5.97 Å². The Hall–Kier alpha value is -2.96. The van der Waals surface area contributed by atoms with E-state index in [1.165, 1.54) is 0 Å². The van der Waals surface area contributed by atoms with Crippen molar-refractivity contribution in [1.82, 2.24) is 24.5 Å². The van der Waals surface area contributed by atoms with Crippen LogP contribution in [0.2, 0.25) is 0 Å². The fourth-order valence-electron chi connectivity index (χ4n) is 2.01. The van der Waals surface area contributed by atoms with Crippen LogP contribution in [0.3, 0.4) is 0 Å². The summed E-state index contributed by atoms with van der Waals surface area (Å²) in [6.07, 6.45) is 5.11. The summed E-state index contributed by atoms with van der Waals surface area (Å²) in [5, 5.41) is 8.24. The lowest BCUT2D eigenvalue weighted by Crippen LogP contribution is -2.04. The molecule has 0 amide bonds. The Balaban J connectivity index is 1.65. The Morgan fingerprint density at radius 1 is 1.18 bits per heavy atom. The van der Waals surface area contributed by atoms with Gasteiger partial charge in [-0.05, 0) is 12.1 Å². The molecular weight excluding hydrogens is 282 g/mol. The van der Waals surface area contributed by atoms with Crippen LogP contribution in [-0.2, 0) is 25.4 Å². The van der Waals surface area contributed by atoms with Gasteiger partial charge in [0.25, 0.3) is 0 Å². The molecule has 0 radical (unpaired) electrons. The number of benzene rings is 1. The highest BCUT2D eigenvalue weighted by Gasteiger charge is 2.09. The lowest BCUT2D eigenvalue weighted by molar-refractivity contribution is 0.0472. The second-order valence-electron chi connectivity index (χ2n) is 4.92. The van der Waals surface area contributed by atoms with Crippen molar-refractivity contribution < 1.29 is 9.53 Å². The topological polar surface area (TPSA) is 74.8 Å². The highest BCUT2D eigenvalue weighted by molar-refractivity contribution is 5.89. The van der Waals surface area contributed by atoms with Crippen LogP contribution in [0.4, 0.5) is 0 Å². The summed E-state index contributed by atoms with van der Waals surface area (Å²) in [6.45, 7) is 0.205. The van der Waals surface area contributed by atoms with E-state index in [-0.39, 0.29) is 12.6 Å². The van der Waals surface area contributed by atoms with E-state index < -0.39 is 0 Å². The van der Waals surface area contributed by atoms with Crippen molar-refractivity contribution in [3.63, 3.8) is 0 Å². The molecule has 0 fully saturated rings. The largest absolute Gasteiger partial charge is 0.457 e. The first-order valence-corrected chi connectivity index (χ1v) is 6.72. The van der Waals surface area contributed by atoms with Crippen LogP contribution >= 0.6 is 0 Å². The van der Waals surface area contributed by atoms with Gasteiger partial charge in [0.1, 0.15) is 12.9 Å². The zero-order valence-corrected chi connectivity index (χ0v) is 12.3. The normalized spacial score (nSPS) is 10.6. The molecule has 112 valence electrons. The number of aryl methyl sites for hydroxylation is 2. The predicted molar refractivity (Wildman–Crippen MR) is 78.8 cm³/mol. The Bertz CT molecular complexity index is 788. The summed E-state index contributed by atoms with van der Waals surface area (Å²) in [4.78, 5) is 16.2. The monoisotopic (exact) mass is 297 g/mol. The lowest BCUT2D eigenvalue weighted by atomic mass is 10.1. The second-order valence-corrected chi connectivity index (χ2v) is 4.92. The standard InChI is InChI=1S/C15H15N5O2/c1-19-8-11(7-17-19)9-22-15(21)13-5-3-12(4-6-13)14-16-10-20(2)18-14/h3-8,10H,9H2,1-2H3. The highest BCUT2D eigenvalue weighted by Crippen LogP contribution is 2.15. The van der Waals surface area contributed by atoms with Crippen LogP contribution in [0.15, 0.2) is 43.0 Å². The maximum atomic E-state index is 12.0. The maximum absolute atomic E-state index is 12.0. The first-order chi connectivity index (χ1) is 10.6. The minimum Gasteiger partial charge on any atom is -0.457 e. The van der Waals surface area contributed by atoms with E-state index in [0.29, 0.717) is 11.4 Å². The average Bonchev–Trinajstić information content (AvgIpc) is 3.13. The highest BCUT2D eigenvalue weighted by atomic mass is 16.5. The van der Waals surface area contributed by atoms with Gasteiger partial charge in [0, 0.05) is 31.4 Å². The Labute approximate surface area is 127 Å². The summed E-state index contributed by atoms with van der Waals surface area (Å²) < 4.78 is 8.54. The number of aromatic nitrogens is 5. The zero-order valence-electron chi connectivity index (χ0n) is 12.3. The summed E-state index contributed by atoms with van der Waals surface area (Å²) >= 11 is 0. The second kappa shape index (κ2) is 5.80. The Morgan fingerprint density at radius 3 is 2.55 bits per heavy atom. The van der Waals surface area contributed by atoms with Crippen molar-refractivity contribution in [2.24, 2.45) is 14.1 Å². The lowest BCUT2D eigenvalue weighted by Gasteiger charge is -2.03. The smallest absolute Gasteiger partial charge is 0.338 e. The van der Waals surface area contributed by atoms with Crippen LogP contribution in [0.25, 0.3) is 11.4 Å². The number of hydrogen-bond acceptors (Lipinski definition) is 5. The number of carbonyl (C=O) groups excluding carboxylic acids is 1. The third-order valence-electron chi connectivity index (χ3n) is 3.11. The summed E-state index contributed by atoms with van der Waals surface area (Å²) in [6, 6.07) is 7.01. The molecule has 0 aliphatic carbocycles. The maximum Gasteiger partial charge on any atom is 0.338 e. The summed E-state index contributed by atoms with van der Waals surface area (Å²) in [7, 11) is 3.62. The quantitative estimate of drug-likeness (QED) is 0.683. The van der Waals surface area contributed by atoms with Crippen molar-refractivity contribution in [1.29, 1.82) is 0 Å². The van der Waals surface area contributed by atoms with E-state index >= 15 is 0 Å². The Morgan fingerprint density at radius 2 is 1.95 bits per heavy atom. The van der Waals surface area contributed by atoms with Gasteiger partial charge in [-0.2, -0.15) is 10.2 Å². The van der Waals surface area contributed by atoms with Gasteiger partial charge in [0.05, 0.1) is 11.8 Å². The van der Waals surface area contributed by atoms with Gasteiger partial charge < -0.3 is 4.74 Å². The fourth-order valence-corrected chi connectivity index (χ4v) is 2.01. The van der Waals surface area contributed by atoms with E-state index in [2.05, 4.69) is 15.2 Å². The van der Waals surface area contributed by atoms with Crippen molar-refractivity contribution in [3.8, 4) is 11.4 Å². The Kier molecular flexibility index (Phi) is 3.69. The van der Waals surface area contributed by atoms with Crippen LogP contribution in [-0.4, -0.2) is 30.5 Å². The number of carbonyl (C=O) groups is 1. The number of esters is 1. The molecule has 7 nitrogen and oxygen atoms in total. The molecule has 0 N–H and O–H groups in total. The third-order valence-corrected chi connectivity index (χ3v) is 3.11. The van der Waals surface area contributed by atoms with Gasteiger partial charge in [0.2, 0.25) is 0 Å². The minimum absolute atomic E-state index is 0.205. The molecule has 2 heterocycles. The molecule has 0 saturated carbocycles. The molecule has 0 bridgehead atoms. The molecule has 3 rings (SSSR count). The van der Waals surface area contributed by atoms with Crippen LogP contribution in [0.1, 0.15) is 15.9 Å². The van der Waals surface area contributed by atoms with Crippen LogP contribution < -0.4 is 0 Å². The molecule has 0 spiro atoms. The molecule has 2 aromatic heterocycles. The van der Waals surface area contributed by atoms with Crippen LogP contribution in [0, 0.1) is 0 Å². The molecule has 3 aromatic rings. The summed E-state index contributed by atoms with van der Waals surface area (Å²) in [5.74, 6) is 0.252. The van der Waals surface area contributed by atoms with E-state index in [0.717, 1.165) is 11.1 Å².